The van der Waals surface area contributed by atoms with E-state index in [1.165, 1.54) is 32.3 Å². The quantitative estimate of drug-likeness (QED) is 0.123. The van der Waals surface area contributed by atoms with E-state index in [9.17, 15) is 0 Å². The van der Waals surface area contributed by atoms with Crippen LogP contribution in [0.1, 0.15) is 0 Å². The van der Waals surface area contributed by atoms with Crippen molar-refractivity contribution in [2.75, 3.05) is 0 Å². The van der Waals surface area contributed by atoms with Crippen LogP contribution >= 0.6 is 46.1 Å². The third-order valence-corrected chi connectivity index (χ3v) is 19.9. The van der Waals surface area contributed by atoms with E-state index in [2.05, 4.69) is 141 Å². The largest absolute Gasteiger partial charge is 0.309 e. The second-order valence-corrected chi connectivity index (χ2v) is 23.9. The molecule has 0 unspecified atom stereocenters. The molecule has 66 heavy (non-hydrogen) atoms. The summed E-state index contributed by atoms with van der Waals surface area (Å²) in [5, 5.41) is 19.1. The maximum Gasteiger partial charge on any atom is 0.171 e. The van der Waals surface area contributed by atoms with Crippen LogP contribution in [0, 0.1) is 0 Å². The highest BCUT2D eigenvalue weighted by molar-refractivity contribution is 9.10. The summed E-state index contributed by atoms with van der Waals surface area (Å²) in [4.78, 5) is 0. The summed E-state index contributed by atoms with van der Waals surface area (Å²) >= 11 is 7.17. The summed E-state index contributed by atoms with van der Waals surface area (Å²) < 4.78 is 32.7. The van der Waals surface area contributed by atoms with Crippen LogP contribution in [0.4, 0.5) is 0 Å². The minimum absolute atomic E-state index is 0.802. The first-order chi connectivity index (χ1) is 32.3. The molecule has 0 atom stereocenters. The molecule has 0 bridgehead atoms. The third-order valence-electron chi connectivity index (χ3n) is 12.8. The van der Waals surface area contributed by atoms with Gasteiger partial charge >= 0.3 is 0 Å². The SMILES string of the molecule is Brc1ccc2c3ccc(Br)cc3c3ccccc3c2c1.O=P(c1ccccc1)(c1ccccc1)c1ccc2c3ccc(P(=O)(c4ccccc4)c4ccccc4)cc3c3ccccc3c2c1. The number of fused-ring (bicyclic) bond motifs is 12. The maximum atomic E-state index is 15.3. The first-order valence-electron chi connectivity index (χ1n) is 21.8. The Labute approximate surface area is 400 Å². The van der Waals surface area contributed by atoms with Crippen molar-refractivity contribution in [3.8, 4) is 0 Å². The number of halogens is 2. The number of hydrogen-bond donors (Lipinski definition) is 0. The van der Waals surface area contributed by atoms with Crippen molar-refractivity contribution in [1.82, 2.24) is 0 Å². The molecule has 0 aliphatic carbocycles. The van der Waals surface area contributed by atoms with Crippen LogP contribution in [0.15, 0.2) is 252 Å². The first kappa shape index (κ1) is 42.3. The zero-order valence-corrected chi connectivity index (χ0v) is 40.5. The van der Waals surface area contributed by atoms with Gasteiger partial charge in [0, 0.05) is 40.8 Å². The summed E-state index contributed by atoms with van der Waals surface area (Å²) in [5.41, 5.74) is 0. The fourth-order valence-corrected chi connectivity index (χ4v) is 15.7. The highest BCUT2D eigenvalue weighted by Crippen LogP contribution is 2.47. The Balaban J connectivity index is 0.000000199. The Bertz CT molecular complexity index is 3520. The summed E-state index contributed by atoms with van der Waals surface area (Å²) in [5.74, 6) is 0. The summed E-state index contributed by atoms with van der Waals surface area (Å²) in [7, 11) is -6.31. The fraction of sp³-hybridized carbons (Fsp3) is 0. The predicted molar refractivity (Wildman–Crippen MR) is 292 cm³/mol. The lowest BCUT2D eigenvalue weighted by atomic mass is 9.94. The van der Waals surface area contributed by atoms with Gasteiger partial charge in [-0.15, -0.1) is 0 Å². The molecule has 0 spiro atoms. The van der Waals surface area contributed by atoms with Gasteiger partial charge in [0.05, 0.1) is 0 Å². The molecule has 316 valence electrons. The summed E-state index contributed by atoms with van der Waals surface area (Å²) in [6.07, 6.45) is 0. The Hall–Kier alpha value is -6.38. The molecule has 0 N–H and O–H groups in total. The Morgan fingerprint density at radius 3 is 0.727 bits per heavy atom. The van der Waals surface area contributed by atoms with Crippen LogP contribution in [0.2, 0.25) is 0 Å². The van der Waals surface area contributed by atoms with Gasteiger partial charge in [0.15, 0.2) is 14.3 Å². The van der Waals surface area contributed by atoms with Gasteiger partial charge in [-0.05, 0) is 101 Å². The molecular formula is C60H40Br2O2P2. The van der Waals surface area contributed by atoms with Crippen LogP contribution < -0.4 is 31.8 Å². The zero-order valence-electron chi connectivity index (χ0n) is 35.6. The smallest absolute Gasteiger partial charge is 0.171 e. The van der Waals surface area contributed by atoms with Crippen LogP contribution in [0.5, 0.6) is 0 Å². The van der Waals surface area contributed by atoms with Gasteiger partial charge in [0.2, 0.25) is 0 Å². The van der Waals surface area contributed by atoms with E-state index in [-0.39, 0.29) is 0 Å². The van der Waals surface area contributed by atoms with Crippen molar-refractivity contribution in [2.45, 2.75) is 0 Å². The Kier molecular flexibility index (Phi) is 11.2. The molecular weight excluding hydrogens is 974 g/mol. The summed E-state index contributed by atoms with van der Waals surface area (Å²) in [6, 6.07) is 81.8. The highest BCUT2D eigenvalue weighted by Gasteiger charge is 2.32. The van der Waals surface area contributed by atoms with Crippen molar-refractivity contribution >= 4 is 143 Å². The van der Waals surface area contributed by atoms with E-state index in [1.807, 2.05) is 133 Å². The fourth-order valence-electron chi connectivity index (χ4n) is 9.67. The lowest BCUT2D eigenvalue weighted by molar-refractivity contribution is 0.591. The van der Waals surface area contributed by atoms with E-state index < -0.39 is 14.3 Å². The number of hydrogen-bond acceptors (Lipinski definition) is 2. The van der Waals surface area contributed by atoms with Crippen molar-refractivity contribution in [3.05, 3.63) is 252 Å². The molecule has 0 aliphatic heterocycles. The molecule has 2 nitrogen and oxygen atoms in total. The van der Waals surface area contributed by atoms with E-state index in [0.717, 1.165) is 73.1 Å². The van der Waals surface area contributed by atoms with Crippen LogP contribution in [-0.4, -0.2) is 0 Å². The van der Waals surface area contributed by atoms with Gasteiger partial charge in [-0.25, -0.2) is 0 Å². The van der Waals surface area contributed by atoms with Gasteiger partial charge in [0.1, 0.15) is 0 Å². The average molecular weight is 1010 g/mol. The molecule has 0 aliphatic rings. The van der Waals surface area contributed by atoms with Crippen LogP contribution in [0.25, 0.3) is 64.6 Å². The minimum atomic E-state index is -3.15. The molecule has 12 rings (SSSR count). The second-order valence-electron chi connectivity index (χ2n) is 16.5. The first-order valence-corrected chi connectivity index (χ1v) is 26.8. The molecule has 12 aromatic rings. The molecule has 0 saturated heterocycles. The second kappa shape index (κ2) is 17.4. The molecule has 0 heterocycles. The molecule has 0 radical (unpaired) electrons. The lowest BCUT2D eigenvalue weighted by Crippen LogP contribution is -2.25. The van der Waals surface area contributed by atoms with Gasteiger partial charge in [0.25, 0.3) is 0 Å². The van der Waals surface area contributed by atoms with Gasteiger partial charge < -0.3 is 9.13 Å². The van der Waals surface area contributed by atoms with Gasteiger partial charge in [-0.2, -0.15) is 0 Å². The summed E-state index contributed by atoms with van der Waals surface area (Å²) in [6.45, 7) is 0. The Morgan fingerprint density at radius 2 is 0.439 bits per heavy atom. The van der Waals surface area contributed by atoms with Gasteiger partial charge in [-0.3, -0.25) is 0 Å². The molecule has 0 fully saturated rings. The van der Waals surface area contributed by atoms with Crippen LogP contribution in [-0.2, 0) is 9.13 Å². The van der Waals surface area contributed by atoms with Crippen molar-refractivity contribution in [1.29, 1.82) is 0 Å². The van der Waals surface area contributed by atoms with Gasteiger partial charge in [-0.1, -0.05) is 238 Å². The molecule has 6 heteroatoms. The normalized spacial score (nSPS) is 11.9. The van der Waals surface area contributed by atoms with E-state index in [1.54, 1.807) is 0 Å². The van der Waals surface area contributed by atoms with E-state index >= 15 is 9.13 Å². The van der Waals surface area contributed by atoms with E-state index in [0.29, 0.717) is 0 Å². The molecule has 12 aromatic carbocycles. The molecule has 0 saturated carbocycles. The van der Waals surface area contributed by atoms with Crippen molar-refractivity contribution in [3.63, 3.8) is 0 Å². The van der Waals surface area contributed by atoms with Crippen LogP contribution in [0.3, 0.4) is 0 Å². The average Bonchev–Trinajstić information content (AvgIpc) is 3.39. The Morgan fingerprint density at radius 1 is 0.212 bits per heavy atom. The number of benzene rings is 12. The minimum Gasteiger partial charge on any atom is -0.309 e. The van der Waals surface area contributed by atoms with E-state index in [4.69, 9.17) is 0 Å². The maximum absolute atomic E-state index is 15.3. The van der Waals surface area contributed by atoms with Crippen molar-refractivity contribution in [2.24, 2.45) is 0 Å². The predicted octanol–water partition coefficient (Wildman–Crippen LogP) is 15.1. The monoisotopic (exact) mass is 1010 g/mol. The number of rotatable bonds is 6. The molecule has 0 amide bonds. The topological polar surface area (TPSA) is 34.1 Å². The third kappa shape index (κ3) is 7.25. The zero-order chi connectivity index (χ0) is 44.8. The van der Waals surface area contributed by atoms with Crippen molar-refractivity contribution < 1.29 is 9.13 Å². The molecule has 0 aromatic heterocycles. The highest BCUT2D eigenvalue weighted by atomic mass is 79.9. The lowest BCUT2D eigenvalue weighted by Gasteiger charge is -2.22. The standard InChI is InChI=1S/C42H30O2P2.C18H10Br2/c43-45(31-15-5-1-6-16-31,32-17-7-2-8-18-32)35-25-27-39-40-28-26-36(30-42(40)38-24-14-13-23-37(38)41(39)29-35)46(44,33-19-9-3-10-20-33)34-21-11-4-12-22-34;19-11-5-7-15-16-8-6-12(20)10-18(16)14-4-2-1-3-13(14)17(15)9-11/h1-30H;1-10H.